The second-order valence-electron chi connectivity index (χ2n) is 5.88. The normalized spacial score (nSPS) is 10.4. The van der Waals surface area contributed by atoms with Crippen molar-refractivity contribution >= 4 is 23.4 Å². The minimum Gasteiger partial charge on any atom is -0.483 e. The van der Waals surface area contributed by atoms with Gasteiger partial charge in [0.05, 0.1) is 22.5 Å². The van der Waals surface area contributed by atoms with Gasteiger partial charge in [0.2, 0.25) is 0 Å². The number of amides is 2. The van der Waals surface area contributed by atoms with Crippen LogP contribution in [0.4, 0.5) is 0 Å². The highest BCUT2D eigenvalue weighted by Crippen LogP contribution is 2.19. The molecule has 2 N–H and O–H groups in total. The van der Waals surface area contributed by atoms with Crippen LogP contribution in [0.5, 0.6) is 5.75 Å². The van der Waals surface area contributed by atoms with Gasteiger partial charge < -0.3 is 4.74 Å². The first-order valence-electron chi connectivity index (χ1n) is 8.68. The number of benzene rings is 2. The summed E-state index contributed by atoms with van der Waals surface area (Å²) in [6, 6.07) is 14.6. The van der Waals surface area contributed by atoms with E-state index in [0.717, 1.165) is 12.0 Å². The summed E-state index contributed by atoms with van der Waals surface area (Å²) >= 11 is 6.12. The minimum absolute atomic E-state index is 0.212. The molecule has 2 amide bonds. The summed E-state index contributed by atoms with van der Waals surface area (Å²) < 4.78 is 7.00. The van der Waals surface area contributed by atoms with E-state index in [-0.39, 0.29) is 12.2 Å². The number of hydrazine groups is 1. The molecule has 1 heterocycles. The molecule has 0 bridgehead atoms. The van der Waals surface area contributed by atoms with Crippen molar-refractivity contribution < 1.29 is 14.3 Å². The molecule has 0 atom stereocenters. The number of para-hydroxylation sites is 2. The van der Waals surface area contributed by atoms with Gasteiger partial charge in [0, 0.05) is 6.20 Å². The number of carbonyl (C=O) groups is 2. The Balaban J connectivity index is 1.53. The van der Waals surface area contributed by atoms with Gasteiger partial charge in [-0.05, 0) is 30.2 Å². The molecule has 0 radical (unpaired) electrons. The van der Waals surface area contributed by atoms with Gasteiger partial charge in [-0.1, -0.05) is 48.9 Å². The Morgan fingerprint density at radius 1 is 1.11 bits per heavy atom. The third kappa shape index (κ3) is 4.69. The molecule has 0 aliphatic heterocycles. The Bertz CT molecular complexity index is 987. The number of aromatic nitrogens is 2. The van der Waals surface area contributed by atoms with E-state index in [2.05, 4.69) is 16.0 Å². The molecule has 1 aromatic heterocycles. The van der Waals surface area contributed by atoms with Crippen molar-refractivity contribution in [1.29, 1.82) is 0 Å². The second-order valence-corrected chi connectivity index (χ2v) is 6.28. The van der Waals surface area contributed by atoms with Crippen LogP contribution in [-0.2, 0) is 11.2 Å². The topological polar surface area (TPSA) is 85.2 Å². The van der Waals surface area contributed by atoms with Crippen LogP contribution in [0.15, 0.2) is 60.9 Å². The van der Waals surface area contributed by atoms with Crippen LogP contribution in [0.25, 0.3) is 5.69 Å². The summed E-state index contributed by atoms with van der Waals surface area (Å²) in [7, 11) is 0. The number of rotatable bonds is 6. The summed E-state index contributed by atoms with van der Waals surface area (Å²) in [6.07, 6.45) is 3.71. The molecule has 0 aliphatic carbocycles. The summed E-state index contributed by atoms with van der Waals surface area (Å²) in [4.78, 5) is 24.1. The van der Waals surface area contributed by atoms with Crippen molar-refractivity contribution in [2.75, 3.05) is 6.61 Å². The number of carbonyl (C=O) groups excluding carboxylic acids is 2. The van der Waals surface area contributed by atoms with Gasteiger partial charge in [0.25, 0.3) is 11.8 Å². The van der Waals surface area contributed by atoms with E-state index in [0.29, 0.717) is 16.5 Å². The number of hydrogen-bond donors (Lipinski definition) is 2. The van der Waals surface area contributed by atoms with Crippen LogP contribution in [-0.4, -0.2) is 28.2 Å². The maximum atomic E-state index is 12.2. The van der Waals surface area contributed by atoms with Gasteiger partial charge in [-0.3, -0.25) is 20.4 Å². The average molecular weight is 399 g/mol. The lowest BCUT2D eigenvalue weighted by molar-refractivity contribution is -0.123. The molecule has 8 heteroatoms. The van der Waals surface area contributed by atoms with Gasteiger partial charge in [0.15, 0.2) is 6.61 Å². The first-order chi connectivity index (χ1) is 13.6. The van der Waals surface area contributed by atoms with Crippen molar-refractivity contribution in [2.45, 2.75) is 13.3 Å². The third-order valence-electron chi connectivity index (χ3n) is 3.97. The number of halogens is 1. The van der Waals surface area contributed by atoms with E-state index < -0.39 is 11.8 Å². The Morgan fingerprint density at radius 3 is 2.64 bits per heavy atom. The summed E-state index contributed by atoms with van der Waals surface area (Å²) in [6.45, 7) is 1.79. The fourth-order valence-electron chi connectivity index (χ4n) is 2.52. The van der Waals surface area contributed by atoms with Gasteiger partial charge in [-0.2, -0.15) is 5.10 Å². The van der Waals surface area contributed by atoms with Crippen LogP contribution in [0.2, 0.25) is 5.02 Å². The van der Waals surface area contributed by atoms with Crippen LogP contribution >= 0.6 is 11.6 Å². The van der Waals surface area contributed by atoms with Crippen molar-refractivity contribution in [3.63, 3.8) is 0 Å². The Hall–Kier alpha value is -3.32. The predicted molar refractivity (Wildman–Crippen MR) is 105 cm³/mol. The fourth-order valence-corrected chi connectivity index (χ4v) is 2.75. The molecule has 2 aromatic carbocycles. The second kappa shape index (κ2) is 9.05. The van der Waals surface area contributed by atoms with Crippen molar-refractivity contribution in [2.24, 2.45) is 0 Å². The van der Waals surface area contributed by atoms with Crippen LogP contribution in [0.3, 0.4) is 0 Å². The highest BCUT2D eigenvalue weighted by Gasteiger charge is 2.12. The van der Waals surface area contributed by atoms with Crippen molar-refractivity contribution in [3.8, 4) is 11.4 Å². The molecule has 0 spiro atoms. The molecule has 7 nitrogen and oxygen atoms in total. The molecule has 0 saturated heterocycles. The minimum atomic E-state index is -0.499. The number of hydrogen-bond acceptors (Lipinski definition) is 4. The van der Waals surface area contributed by atoms with Gasteiger partial charge >= 0.3 is 0 Å². The molecule has 3 rings (SSSR count). The highest BCUT2D eigenvalue weighted by atomic mass is 35.5. The summed E-state index contributed by atoms with van der Waals surface area (Å²) in [5, 5.41) is 4.63. The lowest BCUT2D eigenvalue weighted by atomic mass is 10.1. The molecule has 0 unspecified atom stereocenters. The zero-order valence-electron chi connectivity index (χ0n) is 15.2. The van der Waals surface area contributed by atoms with Gasteiger partial charge in [-0.25, -0.2) is 4.68 Å². The SMILES string of the molecule is CCc1ccccc1OCC(=O)NNC(=O)c1cnn(-c2ccccc2Cl)c1. The van der Waals surface area contributed by atoms with Crippen molar-refractivity contribution in [3.05, 3.63) is 77.1 Å². The fraction of sp³-hybridized carbons (Fsp3) is 0.150. The van der Waals surface area contributed by atoms with E-state index in [1.54, 1.807) is 24.3 Å². The van der Waals surface area contributed by atoms with Crippen molar-refractivity contribution in [1.82, 2.24) is 20.6 Å². The zero-order chi connectivity index (χ0) is 19.9. The van der Waals surface area contributed by atoms with Crippen LogP contribution < -0.4 is 15.6 Å². The predicted octanol–water partition coefficient (Wildman–Crippen LogP) is 2.93. The molecule has 28 heavy (non-hydrogen) atoms. The Labute approximate surface area is 167 Å². The van der Waals surface area contributed by atoms with Gasteiger partial charge in [-0.15, -0.1) is 0 Å². The molecule has 144 valence electrons. The van der Waals surface area contributed by atoms with Crippen LogP contribution in [0.1, 0.15) is 22.8 Å². The van der Waals surface area contributed by atoms with E-state index in [1.807, 2.05) is 31.2 Å². The Morgan fingerprint density at radius 2 is 1.86 bits per heavy atom. The van der Waals surface area contributed by atoms with E-state index >= 15 is 0 Å². The Kier molecular flexibility index (Phi) is 6.29. The lowest BCUT2D eigenvalue weighted by Crippen LogP contribution is -2.43. The lowest BCUT2D eigenvalue weighted by Gasteiger charge is -2.10. The smallest absolute Gasteiger partial charge is 0.276 e. The zero-order valence-corrected chi connectivity index (χ0v) is 15.9. The molecule has 0 saturated carbocycles. The first kappa shape index (κ1) is 19.4. The number of aryl methyl sites for hydroxylation is 1. The maximum Gasteiger partial charge on any atom is 0.276 e. The highest BCUT2D eigenvalue weighted by molar-refractivity contribution is 6.32. The number of ether oxygens (including phenoxy) is 1. The quantitative estimate of drug-likeness (QED) is 0.625. The van der Waals surface area contributed by atoms with E-state index in [9.17, 15) is 9.59 Å². The van der Waals surface area contributed by atoms with E-state index in [4.69, 9.17) is 16.3 Å². The largest absolute Gasteiger partial charge is 0.483 e. The van der Waals surface area contributed by atoms with Crippen LogP contribution in [0, 0.1) is 0 Å². The molecular formula is C20H19ClN4O3. The number of nitrogens with one attached hydrogen (secondary N) is 2. The summed E-state index contributed by atoms with van der Waals surface area (Å²) in [5.41, 5.74) is 6.59. The first-order valence-corrected chi connectivity index (χ1v) is 9.05. The standard InChI is InChI=1S/C20H19ClN4O3/c1-2-14-7-3-6-10-18(14)28-13-19(26)23-24-20(27)15-11-22-25(12-15)17-9-5-4-8-16(17)21/h3-12H,2,13H2,1H3,(H,23,26)(H,24,27). The molecule has 0 fully saturated rings. The van der Waals surface area contributed by atoms with Gasteiger partial charge in [0.1, 0.15) is 5.75 Å². The molecule has 3 aromatic rings. The molecule has 0 aliphatic rings. The van der Waals surface area contributed by atoms with E-state index in [1.165, 1.54) is 17.1 Å². The molecular weight excluding hydrogens is 380 g/mol. The average Bonchev–Trinajstić information content (AvgIpc) is 3.21. The monoisotopic (exact) mass is 398 g/mol. The maximum absolute atomic E-state index is 12.2. The number of nitrogens with zero attached hydrogens (tertiary/aromatic N) is 2. The summed E-state index contributed by atoms with van der Waals surface area (Å²) in [5.74, 6) is -0.328. The third-order valence-corrected chi connectivity index (χ3v) is 4.29.